The van der Waals surface area contributed by atoms with Crippen LogP contribution in [0.25, 0.3) is 63.2 Å². The highest BCUT2D eigenvalue weighted by Gasteiger charge is 2.29. The van der Waals surface area contributed by atoms with E-state index in [1.807, 2.05) is 43.3 Å². The summed E-state index contributed by atoms with van der Waals surface area (Å²) in [6.45, 7) is 4.16. The first-order valence-electron chi connectivity index (χ1n) is 18.2. The van der Waals surface area contributed by atoms with Crippen LogP contribution in [0, 0.1) is 6.92 Å². The topological polar surface area (TPSA) is 78.2 Å². The van der Waals surface area contributed by atoms with Crippen molar-refractivity contribution in [3.8, 4) is 69.5 Å². The molecule has 8 aromatic rings. The van der Waals surface area contributed by atoms with Crippen molar-refractivity contribution in [1.29, 1.82) is 0 Å². The number of rotatable bonds is 11. The molecular formula is C43H30F6N4O3S5. The minimum absolute atomic E-state index is 0.0862. The van der Waals surface area contributed by atoms with Crippen LogP contribution in [0.15, 0.2) is 118 Å². The maximum absolute atomic E-state index is 13.2. The number of thiophene rings is 3. The summed E-state index contributed by atoms with van der Waals surface area (Å²) in [5, 5.41) is 0. The summed E-state index contributed by atoms with van der Waals surface area (Å²) in [5.74, 6) is 0.348. The highest BCUT2D eigenvalue weighted by molar-refractivity contribution is 7.58. The van der Waals surface area contributed by atoms with E-state index in [-0.39, 0.29) is 17.2 Å². The van der Waals surface area contributed by atoms with Gasteiger partial charge in [0.15, 0.2) is 0 Å². The fraction of sp³-hybridized carbons (Fsp3) is 0.163. The van der Waals surface area contributed by atoms with E-state index >= 15 is 0 Å². The fourth-order valence-corrected chi connectivity index (χ4v) is 10.4. The lowest BCUT2D eigenvalue weighted by molar-refractivity contribution is -0.159. The van der Waals surface area contributed by atoms with Gasteiger partial charge in [0.25, 0.3) is 0 Å². The monoisotopic (exact) mass is 924 g/mol. The number of hydrogen-bond acceptors (Lipinski definition) is 11. The molecule has 0 atom stereocenters. The van der Waals surface area contributed by atoms with E-state index < -0.39 is 18.3 Å². The van der Waals surface area contributed by atoms with E-state index in [2.05, 4.69) is 31.7 Å². The Morgan fingerprint density at radius 1 is 0.426 bits per heavy atom. The van der Waals surface area contributed by atoms with Gasteiger partial charge in [0, 0.05) is 61.2 Å². The van der Waals surface area contributed by atoms with Crippen LogP contribution in [0.4, 0.5) is 37.7 Å². The average Bonchev–Trinajstić information content (AvgIpc) is 4.05. The first-order chi connectivity index (χ1) is 29.0. The van der Waals surface area contributed by atoms with Crippen molar-refractivity contribution < 1.29 is 40.6 Å². The second-order valence-corrected chi connectivity index (χ2v) is 18.2. The molecule has 61 heavy (non-hydrogen) atoms. The van der Waals surface area contributed by atoms with Crippen LogP contribution in [0.2, 0.25) is 0 Å². The smallest absolute Gasteiger partial charge is 0.394 e. The molecule has 0 fully saturated rings. The van der Waals surface area contributed by atoms with Gasteiger partial charge in [0.2, 0.25) is 0 Å². The van der Waals surface area contributed by atoms with Crippen LogP contribution in [-0.2, 0) is 11.4 Å². The van der Waals surface area contributed by atoms with Gasteiger partial charge in [-0.05, 0) is 133 Å². The summed E-state index contributed by atoms with van der Waals surface area (Å²) in [7, 11) is 0. The van der Waals surface area contributed by atoms with E-state index in [0.717, 1.165) is 82.2 Å². The van der Waals surface area contributed by atoms with Crippen molar-refractivity contribution in [2.75, 3.05) is 0 Å². The standard InChI is InChI=1S/C30H18F4N4O2S4.C13H12F2OS/c1-29(31,32)39-17-7-3-15(4-8-17)19-11-13-21(41-19)23-25-27(37-43-35-25)24(28-26(23)36-44-38-28)22-14-12-20(42-22)16-5-9-18(10-6-16)40-30(2,33)34;1-9-3-8-12(17-9)10-4-6-11(7-5-10)16-13(2,14)15/h3-14H,1-2H3;3-8H,1-2H3. The number of halogens is 6. The first kappa shape index (κ1) is 42.3. The molecule has 5 heterocycles. The number of aromatic nitrogens is 2. The summed E-state index contributed by atoms with van der Waals surface area (Å²) in [4.78, 5) is 6.07. The van der Waals surface area contributed by atoms with Gasteiger partial charge in [0.1, 0.15) is 39.7 Å². The van der Waals surface area contributed by atoms with Crippen molar-refractivity contribution >= 4 is 79.5 Å². The number of aryl methyl sites for hydroxylation is 1. The third kappa shape index (κ3) is 10.1. The zero-order valence-corrected chi connectivity index (χ0v) is 36.3. The molecule has 0 spiro atoms. The molecule has 4 aromatic carbocycles. The predicted molar refractivity (Wildman–Crippen MR) is 235 cm³/mol. The van der Waals surface area contributed by atoms with Crippen LogP contribution in [0.1, 0.15) is 25.6 Å². The molecule has 1 aliphatic heterocycles. The largest absolute Gasteiger partial charge is 0.433 e. The Kier molecular flexibility index (Phi) is 11.7. The molecule has 4 aromatic heterocycles. The van der Waals surface area contributed by atoms with Crippen LogP contribution < -0.4 is 14.2 Å². The zero-order valence-electron chi connectivity index (χ0n) is 32.2. The molecule has 312 valence electrons. The molecule has 0 amide bonds. The first-order valence-corrected chi connectivity index (χ1v) is 22.1. The van der Waals surface area contributed by atoms with Crippen molar-refractivity contribution in [2.45, 2.75) is 46.0 Å². The fourth-order valence-electron chi connectivity index (χ4n) is 6.25. The summed E-state index contributed by atoms with van der Waals surface area (Å²) in [5.41, 5.74) is 7.25. The molecule has 0 saturated carbocycles. The number of fused-ring (bicyclic) bond motifs is 2. The molecule has 0 radical (unpaired) electrons. The lowest BCUT2D eigenvalue weighted by Gasteiger charge is -2.13. The Balaban J connectivity index is 0.000000253. The van der Waals surface area contributed by atoms with Crippen LogP contribution >= 0.6 is 45.7 Å². The zero-order chi connectivity index (χ0) is 43.1. The number of ether oxygens (including phenoxy) is 3. The Labute approximate surface area is 365 Å². The van der Waals surface area contributed by atoms with Gasteiger partial charge in [0.05, 0.1) is 23.1 Å². The third-order valence-electron chi connectivity index (χ3n) is 8.68. The minimum atomic E-state index is -3.26. The van der Waals surface area contributed by atoms with Gasteiger partial charge >= 0.3 is 18.3 Å². The Morgan fingerprint density at radius 3 is 1.08 bits per heavy atom. The maximum Gasteiger partial charge on any atom is 0.394 e. The average molecular weight is 925 g/mol. The normalized spacial score (nSPS) is 12.5. The van der Waals surface area contributed by atoms with Gasteiger partial charge in [-0.1, -0.05) is 0 Å². The van der Waals surface area contributed by atoms with E-state index in [0.29, 0.717) is 36.3 Å². The number of benzene rings is 4. The highest BCUT2D eigenvalue weighted by atomic mass is 32.1. The van der Waals surface area contributed by atoms with Gasteiger partial charge in [-0.15, -0.1) is 34.0 Å². The van der Waals surface area contributed by atoms with Gasteiger partial charge in [-0.2, -0.15) is 43.8 Å². The van der Waals surface area contributed by atoms with E-state index in [1.165, 1.54) is 51.8 Å². The lowest BCUT2D eigenvalue weighted by Crippen LogP contribution is -2.18. The molecule has 1 aliphatic rings. The number of alkyl halides is 6. The number of hydrogen-bond donors (Lipinski definition) is 0. The quantitative estimate of drug-likeness (QED) is 0.121. The van der Waals surface area contributed by atoms with Gasteiger partial charge in [-0.25, -0.2) is 0 Å². The second kappa shape index (κ2) is 16.8. The maximum atomic E-state index is 13.2. The third-order valence-corrected chi connectivity index (χ3v) is 13.1. The molecule has 7 nitrogen and oxygen atoms in total. The molecule has 0 aliphatic carbocycles. The van der Waals surface area contributed by atoms with E-state index in [4.69, 9.17) is 0 Å². The lowest BCUT2D eigenvalue weighted by atomic mass is 10.0. The summed E-state index contributed by atoms with van der Waals surface area (Å²) in [6.07, 6.45) is -9.65. The van der Waals surface area contributed by atoms with Gasteiger partial charge in [-0.3, -0.25) is 0 Å². The summed E-state index contributed by atoms with van der Waals surface area (Å²) < 4.78 is 111. The van der Waals surface area contributed by atoms with Gasteiger partial charge < -0.3 is 14.2 Å². The Hall–Kier alpha value is -5.40. The Morgan fingerprint density at radius 2 is 0.754 bits per heavy atom. The molecular weight excluding hydrogens is 895 g/mol. The SMILES string of the molecule is CC(F)(F)Oc1ccc(-c2ccc(-c3c4c(c(-c5ccc(-c6ccc(OC(C)(F)F)cc6)s5)c5nsnc35)N=S=N4)s2)cc1.Cc1ccc(-c2ccc(OC(C)(F)F)cc2)s1. The summed E-state index contributed by atoms with van der Waals surface area (Å²) in [6, 6.07) is 31.7. The molecule has 0 unspecified atom stereocenters. The van der Waals surface area contributed by atoms with Crippen molar-refractivity contribution in [3.05, 3.63) is 114 Å². The molecule has 0 saturated heterocycles. The van der Waals surface area contributed by atoms with Crippen LogP contribution in [0.3, 0.4) is 0 Å². The second-order valence-electron chi connectivity index (χ2n) is 13.7. The van der Waals surface area contributed by atoms with E-state index in [1.54, 1.807) is 59.9 Å². The van der Waals surface area contributed by atoms with Crippen molar-refractivity contribution in [3.63, 3.8) is 0 Å². The highest BCUT2D eigenvalue weighted by Crippen LogP contribution is 2.54. The molecule has 0 bridgehead atoms. The van der Waals surface area contributed by atoms with Crippen molar-refractivity contribution in [1.82, 2.24) is 8.75 Å². The molecule has 0 N–H and O–H groups in total. The molecule has 9 rings (SSSR count). The number of nitrogens with zero attached hydrogens (tertiary/aromatic N) is 4. The van der Waals surface area contributed by atoms with Crippen LogP contribution in [0.5, 0.6) is 17.2 Å². The van der Waals surface area contributed by atoms with Crippen molar-refractivity contribution in [2.24, 2.45) is 8.73 Å². The minimum Gasteiger partial charge on any atom is -0.433 e. The Bertz CT molecular complexity index is 2760. The molecule has 18 heteroatoms. The predicted octanol–water partition coefficient (Wildman–Crippen LogP) is 15.9. The van der Waals surface area contributed by atoms with E-state index in [9.17, 15) is 26.3 Å². The summed E-state index contributed by atoms with van der Waals surface area (Å²) >= 11 is 6.95. The van der Waals surface area contributed by atoms with Crippen LogP contribution in [-0.4, -0.2) is 27.1 Å².